The van der Waals surface area contributed by atoms with E-state index in [1.165, 1.54) is 54.4 Å². The largest absolute Gasteiger partial charge is 0.573 e. The molecule has 0 aliphatic carbocycles. The number of ether oxygens (including phenoxy) is 1. The SMILES string of the molecule is CNC(=O)c1ccc(NC(=O)CSc2nnc(Nc3ccc(OC(F)(F)F)cc3)s2)cc1. The Hall–Kier alpha value is -3.32. The molecule has 0 aliphatic heterocycles. The highest BCUT2D eigenvalue weighted by Gasteiger charge is 2.30. The highest BCUT2D eigenvalue weighted by Crippen LogP contribution is 2.29. The number of anilines is 3. The van der Waals surface area contributed by atoms with Crippen molar-refractivity contribution in [1.82, 2.24) is 15.5 Å². The van der Waals surface area contributed by atoms with E-state index >= 15 is 0 Å². The maximum absolute atomic E-state index is 12.2. The van der Waals surface area contributed by atoms with Crippen LogP contribution in [0.15, 0.2) is 52.9 Å². The summed E-state index contributed by atoms with van der Waals surface area (Å²) in [6.07, 6.45) is -4.75. The Balaban J connectivity index is 1.47. The summed E-state index contributed by atoms with van der Waals surface area (Å²) >= 11 is 2.38. The first-order chi connectivity index (χ1) is 15.2. The molecule has 0 spiro atoms. The molecule has 13 heteroatoms. The maximum Gasteiger partial charge on any atom is 0.573 e. The second-order valence-electron chi connectivity index (χ2n) is 6.06. The molecular formula is C19H16F3N5O3S2. The average Bonchev–Trinajstić information content (AvgIpc) is 3.20. The predicted molar refractivity (Wildman–Crippen MR) is 116 cm³/mol. The van der Waals surface area contributed by atoms with E-state index in [9.17, 15) is 22.8 Å². The number of alkyl halides is 3. The van der Waals surface area contributed by atoms with Gasteiger partial charge in [0, 0.05) is 24.0 Å². The van der Waals surface area contributed by atoms with Crippen molar-refractivity contribution in [3.8, 4) is 5.75 Å². The van der Waals surface area contributed by atoms with Gasteiger partial charge in [0.05, 0.1) is 5.75 Å². The molecule has 168 valence electrons. The standard InChI is InChI=1S/C19H16F3N5O3S2/c1-23-16(29)11-2-4-12(5-3-11)24-15(28)10-31-18-27-26-17(32-18)25-13-6-8-14(9-7-13)30-19(20,21)22/h2-9H,10H2,1H3,(H,23,29)(H,24,28)(H,25,26). The van der Waals surface area contributed by atoms with Crippen LogP contribution in [-0.2, 0) is 4.79 Å². The molecule has 2 amide bonds. The number of hydrogen-bond acceptors (Lipinski definition) is 8. The lowest BCUT2D eigenvalue weighted by Crippen LogP contribution is -2.18. The van der Waals surface area contributed by atoms with Crippen LogP contribution in [-0.4, -0.2) is 41.2 Å². The van der Waals surface area contributed by atoms with Gasteiger partial charge in [-0.15, -0.1) is 23.4 Å². The normalized spacial score (nSPS) is 11.0. The number of carbonyl (C=O) groups excluding carboxylic acids is 2. The minimum absolute atomic E-state index is 0.0926. The van der Waals surface area contributed by atoms with Gasteiger partial charge in [-0.05, 0) is 48.5 Å². The molecule has 0 bridgehead atoms. The molecule has 32 heavy (non-hydrogen) atoms. The molecule has 0 atom stereocenters. The molecule has 0 unspecified atom stereocenters. The molecule has 1 aromatic heterocycles. The van der Waals surface area contributed by atoms with Gasteiger partial charge >= 0.3 is 6.36 Å². The van der Waals surface area contributed by atoms with Crippen LogP contribution in [0.25, 0.3) is 0 Å². The smallest absolute Gasteiger partial charge is 0.406 e. The summed E-state index contributed by atoms with van der Waals surface area (Å²) in [5.74, 6) is -0.710. The molecule has 3 aromatic rings. The third-order valence-corrected chi connectivity index (χ3v) is 5.70. The highest BCUT2D eigenvalue weighted by molar-refractivity contribution is 8.01. The molecule has 0 saturated heterocycles. The van der Waals surface area contributed by atoms with Gasteiger partial charge in [0.2, 0.25) is 11.0 Å². The fourth-order valence-electron chi connectivity index (χ4n) is 2.36. The van der Waals surface area contributed by atoms with Crippen molar-refractivity contribution in [3.63, 3.8) is 0 Å². The van der Waals surface area contributed by atoms with Crippen LogP contribution in [0, 0.1) is 0 Å². The molecule has 0 saturated carbocycles. The van der Waals surface area contributed by atoms with Crippen LogP contribution in [0.2, 0.25) is 0 Å². The summed E-state index contributed by atoms with van der Waals surface area (Å²) in [6.45, 7) is 0. The molecule has 3 rings (SSSR count). The molecule has 8 nitrogen and oxygen atoms in total. The van der Waals surface area contributed by atoms with E-state index in [-0.39, 0.29) is 23.3 Å². The Bertz CT molecular complexity index is 1070. The minimum atomic E-state index is -4.75. The monoisotopic (exact) mass is 483 g/mol. The fraction of sp³-hybridized carbons (Fsp3) is 0.158. The number of carbonyl (C=O) groups is 2. The van der Waals surface area contributed by atoms with E-state index in [4.69, 9.17) is 0 Å². The third kappa shape index (κ3) is 7.13. The lowest BCUT2D eigenvalue weighted by Gasteiger charge is -2.09. The Morgan fingerprint density at radius 1 is 1.03 bits per heavy atom. The van der Waals surface area contributed by atoms with Crippen molar-refractivity contribution in [3.05, 3.63) is 54.1 Å². The molecule has 3 N–H and O–H groups in total. The molecule has 1 heterocycles. The number of halogens is 3. The van der Waals surface area contributed by atoms with Crippen LogP contribution in [0.1, 0.15) is 10.4 Å². The predicted octanol–water partition coefficient (Wildman–Crippen LogP) is 4.27. The number of nitrogens with zero attached hydrogens (tertiary/aromatic N) is 2. The lowest BCUT2D eigenvalue weighted by molar-refractivity contribution is -0.274. The second kappa shape index (κ2) is 10.3. The molecule has 2 aromatic carbocycles. The Morgan fingerprint density at radius 3 is 2.31 bits per heavy atom. The Labute approximate surface area is 188 Å². The van der Waals surface area contributed by atoms with Gasteiger partial charge < -0.3 is 20.7 Å². The van der Waals surface area contributed by atoms with E-state index in [0.29, 0.717) is 26.4 Å². The van der Waals surface area contributed by atoms with Gasteiger partial charge in [-0.1, -0.05) is 23.1 Å². The van der Waals surface area contributed by atoms with Crippen molar-refractivity contribution >= 4 is 51.4 Å². The first-order valence-corrected chi connectivity index (χ1v) is 10.7. The maximum atomic E-state index is 12.2. The summed E-state index contributed by atoms with van der Waals surface area (Å²) < 4.78 is 41.0. The van der Waals surface area contributed by atoms with Gasteiger partial charge in [0.1, 0.15) is 5.75 Å². The van der Waals surface area contributed by atoms with Crippen LogP contribution >= 0.6 is 23.1 Å². The Kier molecular flexibility index (Phi) is 7.53. The summed E-state index contributed by atoms with van der Waals surface area (Å²) in [5.41, 5.74) is 1.54. The second-order valence-corrected chi connectivity index (χ2v) is 8.26. The zero-order valence-electron chi connectivity index (χ0n) is 16.4. The van der Waals surface area contributed by atoms with Gasteiger partial charge in [-0.3, -0.25) is 9.59 Å². The summed E-state index contributed by atoms with van der Waals surface area (Å²) in [5, 5.41) is 16.5. The number of aromatic nitrogens is 2. The number of nitrogens with one attached hydrogen (secondary N) is 3. The van der Waals surface area contributed by atoms with E-state index in [1.807, 2.05) is 0 Å². The quantitative estimate of drug-likeness (QED) is 0.411. The van der Waals surface area contributed by atoms with Crippen molar-refractivity contribution in [1.29, 1.82) is 0 Å². The van der Waals surface area contributed by atoms with E-state index in [2.05, 4.69) is 30.9 Å². The van der Waals surface area contributed by atoms with E-state index in [0.717, 1.165) is 0 Å². The molecular weight excluding hydrogens is 467 g/mol. The van der Waals surface area contributed by atoms with Gasteiger partial charge in [-0.2, -0.15) is 0 Å². The van der Waals surface area contributed by atoms with Crippen molar-refractivity contribution < 1.29 is 27.5 Å². The first-order valence-electron chi connectivity index (χ1n) is 8.93. The minimum Gasteiger partial charge on any atom is -0.406 e. The van der Waals surface area contributed by atoms with Crippen LogP contribution < -0.4 is 20.7 Å². The highest BCUT2D eigenvalue weighted by atomic mass is 32.2. The Morgan fingerprint density at radius 2 is 1.69 bits per heavy atom. The zero-order chi connectivity index (χ0) is 23.1. The van der Waals surface area contributed by atoms with Crippen molar-refractivity contribution in [2.45, 2.75) is 10.7 Å². The fourth-order valence-corrected chi connectivity index (χ4v) is 3.93. The number of thioether (sulfide) groups is 1. The van der Waals surface area contributed by atoms with E-state index in [1.54, 1.807) is 24.3 Å². The lowest BCUT2D eigenvalue weighted by atomic mass is 10.2. The van der Waals surface area contributed by atoms with Crippen molar-refractivity contribution in [2.24, 2.45) is 0 Å². The topological polar surface area (TPSA) is 105 Å². The van der Waals surface area contributed by atoms with Crippen molar-refractivity contribution in [2.75, 3.05) is 23.4 Å². The number of amides is 2. The number of benzene rings is 2. The summed E-state index contributed by atoms with van der Waals surface area (Å²) in [4.78, 5) is 23.7. The van der Waals surface area contributed by atoms with Crippen LogP contribution in [0.3, 0.4) is 0 Å². The first kappa shape index (κ1) is 23.3. The van der Waals surface area contributed by atoms with Crippen LogP contribution in [0.4, 0.5) is 29.7 Å². The molecule has 0 aliphatic rings. The molecule has 0 radical (unpaired) electrons. The zero-order valence-corrected chi connectivity index (χ0v) is 18.0. The van der Waals surface area contributed by atoms with Gasteiger partial charge in [-0.25, -0.2) is 0 Å². The van der Waals surface area contributed by atoms with Crippen LogP contribution in [0.5, 0.6) is 5.75 Å². The number of hydrogen-bond donors (Lipinski definition) is 3. The van der Waals surface area contributed by atoms with E-state index < -0.39 is 6.36 Å². The summed E-state index contributed by atoms with van der Waals surface area (Å²) in [6, 6.07) is 11.7. The van der Waals surface area contributed by atoms with Gasteiger partial charge in [0.15, 0.2) is 4.34 Å². The van der Waals surface area contributed by atoms with Gasteiger partial charge in [0.25, 0.3) is 5.91 Å². The summed E-state index contributed by atoms with van der Waals surface area (Å²) in [7, 11) is 1.53. The average molecular weight is 483 g/mol. The molecule has 0 fully saturated rings. The third-order valence-electron chi connectivity index (χ3n) is 3.73. The number of rotatable bonds is 8.